The van der Waals surface area contributed by atoms with Crippen LogP contribution in [-0.2, 0) is 0 Å². The first-order valence-corrected chi connectivity index (χ1v) is 5.37. The van der Waals surface area contributed by atoms with Crippen LogP contribution in [-0.4, -0.2) is 20.4 Å². The summed E-state index contributed by atoms with van der Waals surface area (Å²) in [6.45, 7) is 0. The highest BCUT2D eigenvalue weighted by Gasteiger charge is 2.13. The molecule has 0 aliphatic heterocycles. The third-order valence-electron chi connectivity index (χ3n) is 3.03. The van der Waals surface area contributed by atoms with Crippen molar-refractivity contribution < 1.29 is 20.4 Å². The van der Waals surface area contributed by atoms with Gasteiger partial charge in [0.1, 0.15) is 11.5 Å². The number of fused-ring (bicyclic) bond motifs is 2. The third kappa shape index (κ3) is 1.32. The van der Waals surface area contributed by atoms with Gasteiger partial charge in [-0.15, -0.1) is 0 Å². The molecule has 3 aromatic rings. The number of hydrogen-bond donors (Lipinski definition) is 4. The second-order valence-electron chi connectivity index (χ2n) is 4.16. The van der Waals surface area contributed by atoms with Crippen molar-refractivity contribution in [1.82, 2.24) is 0 Å². The molecule has 4 nitrogen and oxygen atoms in total. The Morgan fingerprint density at radius 2 is 1.44 bits per heavy atom. The van der Waals surface area contributed by atoms with Crippen LogP contribution < -0.4 is 0 Å². The molecule has 0 bridgehead atoms. The van der Waals surface area contributed by atoms with Gasteiger partial charge in [0.15, 0.2) is 11.5 Å². The van der Waals surface area contributed by atoms with Gasteiger partial charge in [-0.2, -0.15) is 0 Å². The lowest BCUT2D eigenvalue weighted by Crippen LogP contribution is -1.81. The Morgan fingerprint density at radius 1 is 0.667 bits per heavy atom. The summed E-state index contributed by atoms with van der Waals surface area (Å²) in [7, 11) is 0. The summed E-state index contributed by atoms with van der Waals surface area (Å²) in [5.74, 6) is -0.643. The zero-order valence-electron chi connectivity index (χ0n) is 9.25. The van der Waals surface area contributed by atoms with Crippen molar-refractivity contribution in [2.45, 2.75) is 0 Å². The molecular formula is C14H10O4. The monoisotopic (exact) mass is 242 g/mol. The maximum atomic E-state index is 10.2. The molecule has 0 heterocycles. The van der Waals surface area contributed by atoms with Crippen molar-refractivity contribution in [3.63, 3.8) is 0 Å². The predicted octanol–water partition coefficient (Wildman–Crippen LogP) is 2.82. The van der Waals surface area contributed by atoms with Crippen molar-refractivity contribution >= 4 is 21.5 Å². The first kappa shape index (κ1) is 10.5. The van der Waals surface area contributed by atoms with Gasteiger partial charge in [-0.25, -0.2) is 0 Å². The van der Waals surface area contributed by atoms with Crippen LogP contribution in [0.15, 0.2) is 36.4 Å². The van der Waals surface area contributed by atoms with Crippen LogP contribution in [0.1, 0.15) is 0 Å². The number of aromatic hydroxyl groups is 4. The smallest absolute Gasteiger partial charge is 0.169 e. The Kier molecular flexibility index (Phi) is 2.01. The number of benzene rings is 3. The minimum absolute atomic E-state index is 0.101. The van der Waals surface area contributed by atoms with E-state index in [0.717, 1.165) is 0 Å². The third-order valence-corrected chi connectivity index (χ3v) is 3.03. The fourth-order valence-electron chi connectivity index (χ4n) is 2.15. The van der Waals surface area contributed by atoms with Gasteiger partial charge in [0, 0.05) is 5.39 Å². The standard InChI is InChI=1S/C14H10O4/c15-9-2-3-10-8(6-9)5-7-1-4-11(16)14(18)12(7)13(10)17/h1-6,15-18H. The van der Waals surface area contributed by atoms with Crippen LogP contribution >= 0.6 is 0 Å². The predicted molar refractivity (Wildman–Crippen MR) is 68.1 cm³/mol. The van der Waals surface area contributed by atoms with Crippen molar-refractivity contribution in [2.24, 2.45) is 0 Å². The van der Waals surface area contributed by atoms with E-state index in [1.807, 2.05) is 0 Å². The number of hydrogen-bond acceptors (Lipinski definition) is 4. The SMILES string of the molecule is Oc1ccc2c(O)c3c(O)c(O)ccc3cc2c1. The lowest BCUT2D eigenvalue weighted by Gasteiger charge is -2.09. The van der Waals surface area contributed by atoms with Crippen LogP contribution in [0.5, 0.6) is 23.0 Å². The van der Waals surface area contributed by atoms with Crippen LogP contribution in [0, 0.1) is 0 Å². The first-order valence-electron chi connectivity index (χ1n) is 5.37. The molecule has 0 saturated carbocycles. The molecule has 18 heavy (non-hydrogen) atoms. The molecule has 0 radical (unpaired) electrons. The number of phenolic OH excluding ortho intramolecular Hbond substituents is 4. The maximum Gasteiger partial charge on any atom is 0.169 e. The summed E-state index contributed by atoms with van der Waals surface area (Å²) in [4.78, 5) is 0. The van der Waals surface area contributed by atoms with Gasteiger partial charge in [-0.1, -0.05) is 6.07 Å². The Balaban J connectivity index is 2.56. The molecule has 0 fully saturated rings. The second kappa shape index (κ2) is 3.43. The average molecular weight is 242 g/mol. The topological polar surface area (TPSA) is 80.9 Å². The molecule has 0 amide bonds. The zero-order valence-corrected chi connectivity index (χ0v) is 9.25. The van der Waals surface area contributed by atoms with E-state index in [2.05, 4.69) is 0 Å². The molecule has 4 heteroatoms. The summed E-state index contributed by atoms with van der Waals surface area (Å²) in [5, 5.41) is 40.8. The van der Waals surface area contributed by atoms with Crippen LogP contribution in [0.4, 0.5) is 0 Å². The average Bonchev–Trinajstić information content (AvgIpc) is 2.33. The molecule has 4 N–H and O–H groups in total. The highest BCUT2D eigenvalue weighted by Crippen LogP contribution is 2.43. The van der Waals surface area contributed by atoms with Crippen LogP contribution in [0.2, 0.25) is 0 Å². The fraction of sp³-hybridized carbons (Fsp3) is 0. The van der Waals surface area contributed by atoms with Gasteiger partial charge in [-0.3, -0.25) is 0 Å². The Bertz CT molecular complexity index is 778. The zero-order chi connectivity index (χ0) is 12.9. The molecule has 0 unspecified atom stereocenters. The Hall–Kier alpha value is -2.62. The number of rotatable bonds is 0. The van der Waals surface area contributed by atoms with E-state index < -0.39 is 0 Å². The molecule has 0 aromatic heterocycles. The van der Waals surface area contributed by atoms with Crippen LogP contribution in [0.3, 0.4) is 0 Å². The molecule has 0 aliphatic rings. The second-order valence-corrected chi connectivity index (χ2v) is 4.16. The molecule has 0 saturated heterocycles. The summed E-state index contributed by atoms with van der Waals surface area (Å²) >= 11 is 0. The van der Waals surface area contributed by atoms with Gasteiger partial charge in [-0.05, 0) is 41.1 Å². The van der Waals surface area contributed by atoms with E-state index in [0.29, 0.717) is 16.2 Å². The molecule has 3 aromatic carbocycles. The molecule has 0 atom stereocenters. The largest absolute Gasteiger partial charge is 0.508 e. The van der Waals surface area contributed by atoms with Crippen molar-refractivity contribution in [1.29, 1.82) is 0 Å². The minimum Gasteiger partial charge on any atom is -0.508 e. The van der Waals surface area contributed by atoms with Crippen LogP contribution in [0.25, 0.3) is 21.5 Å². The van der Waals surface area contributed by atoms with E-state index in [4.69, 9.17) is 0 Å². The van der Waals surface area contributed by atoms with Gasteiger partial charge >= 0.3 is 0 Å². The quantitative estimate of drug-likeness (QED) is 0.361. The van der Waals surface area contributed by atoms with Gasteiger partial charge in [0.2, 0.25) is 0 Å². The Labute approximate surface area is 102 Å². The molecule has 3 rings (SSSR count). The van der Waals surface area contributed by atoms with E-state index in [1.54, 1.807) is 18.2 Å². The summed E-state index contributed by atoms with van der Waals surface area (Å²) < 4.78 is 0. The van der Waals surface area contributed by atoms with E-state index in [-0.39, 0.29) is 28.4 Å². The summed E-state index contributed by atoms with van der Waals surface area (Å²) in [5.41, 5.74) is 0. The normalized spacial score (nSPS) is 11.1. The summed E-state index contributed by atoms with van der Waals surface area (Å²) in [6, 6.07) is 9.21. The first-order chi connectivity index (χ1) is 8.58. The summed E-state index contributed by atoms with van der Waals surface area (Å²) in [6.07, 6.45) is 0. The fourth-order valence-corrected chi connectivity index (χ4v) is 2.15. The lowest BCUT2D eigenvalue weighted by atomic mass is 10.0. The van der Waals surface area contributed by atoms with E-state index in [1.165, 1.54) is 18.2 Å². The maximum absolute atomic E-state index is 10.2. The van der Waals surface area contributed by atoms with Crippen molar-refractivity contribution in [3.05, 3.63) is 36.4 Å². The van der Waals surface area contributed by atoms with Gasteiger partial charge in [0.25, 0.3) is 0 Å². The highest BCUT2D eigenvalue weighted by atomic mass is 16.3. The van der Waals surface area contributed by atoms with Crippen molar-refractivity contribution in [2.75, 3.05) is 0 Å². The van der Waals surface area contributed by atoms with E-state index in [9.17, 15) is 20.4 Å². The minimum atomic E-state index is -0.347. The van der Waals surface area contributed by atoms with E-state index >= 15 is 0 Å². The molecular weight excluding hydrogens is 232 g/mol. The van der Waals surface area contributed by atoms with Gasteiger partial charge in [0.05, 0.1) is 5.39 Å². The lowest BCUT2D eigenvalue weighted by molar-refractivity contribution is 0.406. The highest BCUT2D eigenvalue weighted by molar-refractivity contribution is 6.08. The molecule has 0 spiro atoms. The molecule has 90 valence electrons. The Morgan fingerprint density at radius 3 is 2.22 bits per heavy atom. The van der Waals surface area contributed by atoms with Gasteiger partial charge < -0.3 is 20.4 Å². The molecule has 0 aliphatic carbocycles. The number of phenols is 4. The van der Waals surface area contributed by atoms with Crippen molar-refractivity contribution in [3.8, 4) is 23.0 Å².